The molecule has 3 N–H and O–H groups in total. The Labute approximate surface area is 137 Å². The zero-order chi connectivity index (χ0) is 15.4. The van der Waals surface area contributed by atoms with Crippen LogP contribution in [0.5, 0.6) is 0 Å². The van der Waals surface area contributed by atoms with Crippen molar-refractivity contribution in [2.45, 2.75) is 17.9 Å². The van der Waals surface area contributed by atoms with Gasteiger partial charge in [-0.2, -0.15) is 0 Å². The van der Waals surface area contributed by atoms with Crippen LogP contribution in [-0.2, 0) is 10.5 Å². The number of hydrogen-bond donors (Lipinski definition) is 2. The van der Waals surface area contributed by atoms with E-state index < -0.39 is 0 Å². The molecule has 1 atom stereocenters. The third-order valence-corrected chi connectivity index (χ3v) is 4.50. The van der Waals surface area contributed by atoms with E-state index in [-0.39, 0.29) is 11.2 Å². The lowest BCUT2D eigenvalue weighted by Crippen LogP contribution is -2.23. The number of anilines is 2. The number of furan rings is 1. The van der Waals surface area contributed by atoms with E-state index in [0.29, 0.717) is 27.2 Å². The average Bonchev–Trinajstić information content (AvgIpc) is 2.93. The van der Waals surface area contributed by atoms with Gasteiger partial charge in [-0.25, -0.2) is 0 Å². The second-order valence-electron chi connectivity index (χ2n) is 4.38. The summed E-state index contributed by atoms with van der Waals surface area (Å²) >= 11 is 13.5. The van der Waals surface area contributed by atoms with Crippen molar-refractivity contribution in [3.05, 3.63) is 46.3 Å². The normalized spacial score (nSPS) is 12.1. The summed E-state index contributed by atoms with van der Waals surface area (Å²) in [6.45, 7) is 1.81. The highest BCUT2D eigenvalue weighted by atomic mass is 35.5. The summed E-state index contributed by atoms with van der Waals surface area (Å²) in [6, 6.07) is 6.77. The maximum atomic E-state index is 12.2. The van der Waals surface area contributed by atoms with Crippen molar-refractivity contribution < 1.29 is 9.21 Å². The van der Waals surface area contributed by atoms with Crippen molar-refractivity contribution >= 4 is 52.2 Å². The van der Waals surface area contributed by atoms with Gasteiger partial charge in [0.05, 0.1) is 33.0 Å². The number of carbonyl (C=O) groups excluding carboxylic acids is 1. The van der Waals surface area contributed by atoms with Crippen LogP contribution < -0.4 is 11.1 Å². The molecule has 1 amide bonds. The van der Waals surface area contributed by atoms with Crippen LogP contribution in [0.2, 0.25) is 10.0 Å². The minimum Gasteiger partial charge on any atom is -0.468 e. The fourth-order valence-electron chi connectivity index (χ4n) is 1.61. The van der Waals surface area contributed by atoms with Crippen LogP contribution in [0.4, 0.5) is 11.4 Å². The van der Waals surface area contributed by atoms with Crippen molar-refractivity contribution in [3.63, 3.8) is 0 Å². The van der Waals surface area contributed by atoms with E-state index in [1.807, 2.05) is 19.1 Å². The number of benzene rings is 1. The van der Waals surface area contributed by atoms with Crippen LogP contribution in [0, 0.1) is 0 Å². The number of thioether (sulfide) groups is 1. The van der Waals surface area contributed by atoms with Gasteiger partial charge >= 0.3 is 0 Å². The molecule has 0 bridgehead atoms. The molecule has 7 heteroatoms. The first-order valence-corrected chi connectivity index (χ1v) is 7.97. The maximum absolute atomic E-state index is 12.2. The smallest absolute Gasteiger partial charge is 0.237 e. The Morgan fingerprint density at radius 3 is 2.67 bits per heavy atom. The molecular formula is C14H14Cl2N2O2S. The Hall–Kier alpha value is -1.30. The predicted molar refractivity (Wildman–Crippen MR) is 89.0 cm³/mol. The monoisotopic (exact) mass is 344 g/mol. The van der Waals surface area contributed by atoms with Crippen LogP contribution in [0.15, 0.2) is 34.9 Å². The molecule has 4 nitrogen and oxygen atoms in total. The summed E-state index contributed by atoms with van der Waals surface area (Å²) in [6.07, 6.45) is 1.61. The van der Waals surface area contributed by atoms with Gasteiger partial charge in [0.25, 0.3) is 0 Å². The highest BCUT2D eigenvalue weighted by Crippen LogP contribution is 2.33. The summed E-state index contributed by atoms with van der Waals surface area (Å²) < 4.78 is 5.22. The number of amides is 1. The highest BCUT2D eigenvalue weighted by molar-refractivity contribution is 7.99. The van der Waals surface area contributed by atoms with E-state index in [0.717, 1.165) is 5.76 Å². The number of rotatable bonds is 5. The minimum atomic E-state index is -0.278. The first-order valence-electron chi connectivity index (χ1n) is 6.16. The summed E-state index contributed by atoms with van der Waals surface area (Å²) in [7, 11) is 0. The number of nitrogens with one attached hydrogen (secondary N) is 1. The van der Waals surface area contributed by atoms with Gasteiger partial charge in [0.2, 0.25) is 5.91 Å². The van der Waals surface area contributed by atoms with Crippen molar-refractivity contribution in [3.8, 4) is 0 Å². The third-order valence-electron chi connectivity index (χ3n) is 2.74. The van der Waals surface area contributed by atoms with E-state index in [4.69, 9.17) is 33.4 Å². The SMILES string of the molecule is CC(SCc1ccco1)C(=O)Nc1c(Cl)cc(N)cc1Cl. The van der Waals surface area contributed by atoms with Gasteiger partial charge in [0, 0.05) is 5.69 Å². The topological polar surface area (TPSA) is 68.3 Å². The Bertz CT molecular complexity index is 609. The van der Waals surface area contributed by atoms with Gasteiger partial charge in [0.1, 0.15) is 5.76 Å². The molecule has 1 unspecified atom stereocenters. The first kappa shape index (κ1) is 16.1. The van der Waals surface area contributed by atoms with Gasteiger partial charge in [-0.15, -0.1) is 11.8 Å². The zero-order valence-electron chi connectivity index (χ0n) is 11.2. The van der Waals surface area contributed by atoms with Crippen LogP contribution in [0.3, 0.4) is 0 Å². The van der Waals surface area contributed by atoms with Crippen molar-refractivity contribution in [2.75, 3.05) is 11.1 Å². The molecule has 0 aliphatic rings. The number of hydrogen-bond acceptors (Lipinski definition) is 4. The van der Waals surface area contributed by atoms with Crippen molar-refractivity contribution in [1.29, 1.82) is 0 Å². The molecule has 0 fully saturated rings. The molecule has 0 saturated heterocycles. The minimum absolute atomic E-state index is 0.180. The maximum Gasteiger partial charge on any atom is 0.237 e. The molecule has 2 aromatic rings. The van der Waals surface area contributed by atoms with E-state index in [2.05, 4.69) is 5.32 Å². The van der Waals surface area contributed by atoms with E-state index >= 15 is 0 Å². The third kappa shape index (κ3) is 4.33. The number of nitrogens with two attached hydrogens (primary N) is 1. The standard InChI is InChI=1S/C14H14Cl2N2O2S/c1-8(21-7-10-3-2-4-20-10)14(19)18-13-11(15)5-9(17)6-12(13)16/h2-6,8H,7,17H2,1H3,(H,18,19). The highest BCUT2D eigenvalue weighted by Gasteiger charge is 2.17. The molecular weight excluding hydrogens is 331 g/mol. The molecule has 0 aliphatic heterocycles. The molecule has 1 heterocycles. The lowest BCUT2D eigenvalue weighted by atomic mass is 10.2. The lowest BCUT2D eigenvalue weighted by Gasteiger charge is -2.14. The Morgan fingerprint density at radius 1 is 1.43 bits per heavy atom. The summed E-state index contributed by atoms with van der Waals surface area (Å²) in [5.41, 5.74) is 6.45. The zero-order valence-corrected chi connectivity index (χ0v) is 13.6. The molecule has 1 aromatic heterocycles. The van der Waals surface area contributed by atoms with E-state index in [1.54, 1.807) is 18.4 Å². The van der Waals surface area contributed by atoms with Gasteiger partial charge in [-0.3, -0.25) is 4.79 Å². The molecule has 2 rings (SSSR count). The van der Waals surface area contributed by atoms with Gasteiger partial charge in [-0.05, 0) is 31.2 Å². The fourth-order valence-corrected chi connectivity index (χ4v) is 3.00. The van der Waals surface area contributed by atoms with E-state index in [1.165, 1.54) is 11.8 Å². The number of halogens is 2. The first-order chi connectivity index (χ1) is 9.97. The summed E-state index contributed by atoms with van der Waals surface area (Å²) in [5.74, 6) is 1.26. The van der Waals surface area contributed by atoms with Crippen molar-refractivity contribution in [1.82, 2.24) is 0 Å². The second kappa shape index (κ2) is 7.11. The van der Waals surface area contributed by atoms with Crippen LogP contribution in [0.25, 0.3) is 0 Å². The van der Waals surface area contributed by atoms with Crippen LogP contribution in [0.1, 0.15) is 12.7 Å². The fraction of sp³-hybridized carbons (Fsp3) is 0.214. The Morgan fingerprint density at radius 2 is 2.10 bits per heavy atom. The molecule has 0 spiro atoms. The molecule has 0 aliphatic carbocycles. The molecule has 112 valence electrons. The second-order valence-corrected chi connectivity index (χ2v) is 6.52. The number of carbonyl (C=O) groups is 1. The van der Waals surface area contributed by atoms with Crippen LogP contribution >= 0.6 is 35.0 Å². The Balaban J connectivity index is 1.97. The largest absolute Gasteiger partial charge is 0.468 e. The summed E-state index contributed by atoms with van der Waals surface area (Å²) in [4.78, 5) is 12.2. The van der Waals surface area contributed by atoms with Gasteiger partial charge < -0.3 is 15.5 Å². The predicted octanol–water partition coefficient (Wildman–Crippen LogP) is 4.43. The lowest BCUT2D eigenvalue weighted by molar-refractivity contribution is -0.115. The molecule has 21 heavy (non-hydrogen) atoms. The quantitative estimate of drug-likeness (QED) is 0.787. The number of nitrogen functional groups attached to an aromatic ring is 1. The molecule has 0 radical (unpaired) electrons. The summed E-state index contributed by atoms with van der Waals surface area (Å²) in [5, 5.41) is 3.08. The van der Waals surface area contributed by atoms with Crippen molar-refractivity contribution in [2.24, 2.45) is 0 Å². The molecule has 1 aromatic carbocycles. The van der Waals surface area contributed by atoms with Gasteiger partial charge in [-0.1, -0.05) is 23.2 Å². The molecule has 0 saturated carbocycles. The van der Waals surface area contributed by atoms with Gasteiger partial charge in [0.15, 0.2) is 0 Å². The van der Waals surface area contributed by atoms with E-state index in [9.17, 15) is 4.79 Å². The van der Waals surface area contributed by atoms with Crippen LogP contribution in [-0.4, -0.2) is 11.2 Å². The average molecular weight is 345 g/mol. The Kier molecular flexibility index (Phi) is 5.45.